The van der Waals surface area contributed by atoms with Crippen LogP contribution in [0.4, 0.5) is 0 Å². The number of ether oxygens (including phenoxy) is 2. The van der Waals surface area contributed by atoms with E-state index >= 15 is 0 Å². The van der Waals surface area contributed by atoms with Gasteiger partial charge in [-0.05, 0) is 117 Å². The van der Waals surface area contributed by atoms with Gasteiger partial charge >= 0.3 is 0 Å². The summed E-state index contributed by atoms with van der Waals surface area (Å²) >= 11 is 0. The summed E-state index contributed by atoms with van der Waals surface area (Å²) in [7, 11) is -3.70. The molecule has 0 atom stereocenters. The Balaban J connectivity index is 1.18. The van der Waals surface area contributed by atoms with E-state index in [0.717, 1.165) is 144 Å². The highest BCUT2D eigenvalue weighted by Gasteiger charge is 2.30. The summed E-state index contributed by atoms with van der Waals surface area (Å²) in [6, 6.07) is 59.5. The highest BCUT2D eigenvalue weighted by molar-refractivity contribution is 7.47. The second-order valence-electron chi connectivity index (χ2n) is 17.1. The molecule has 12 aromatic rings. The SMILES string of the molecule is Cc1ccc2c(c1-p1oc3ccc4ccccc4c3c3c(ccc4ccccc43)o1)-c1c(ccc(C)c1-p1oc3ccc4ccccc4c3c3c(ccc4ccccc43)o1)OCCCCO2. The quantitative estimate of drug-likeness (QED) is 0.172. The number of rotatable bonds is 2. The van der Waals surface area contributed by atoms with E-state index in [2.05, 4.69) is 184 Å². The number of hydrogen-bond acceptors (Lipinski definition) is 6. The lowest BCUT2D eigenvalue weighted by Crippen LogP contribution is -2.07. The fourth-order valence-corrected chi connectivity index (χ4v) is 13.3. The zero-order valence-corrected chi connectivity index (χ0v) is 38.1. The van der Waals surface area contributed by atoms with Crippen LogP contribution in [0.25, 0.3) is 109 Å². The van der Waals surface area contributed by atoms with Gasteiger partial charge < -0.3 is 26.3 Å². The number of fused-ring (bicyclic) bond motifs is 17. The summed E-state index contributed by atoms with van der Waals surface area (Å²) in [5.74, 6) is 1.46. The van der Waals surface area contributed by atoms with Crippen LogP contribution in [0.3, 0.4) is 0 Å². The maximum Gasteiger partial charge on any atom is 0.253 e. The van der Waals surface area contributed by atoms with Crippen molar-refractivity contribution >= 4 is 103 Å². The molecule has 0 saturated carbocycles. The molecule has 0 aliphatic carbocycles. The Kier molecular flexibility index (Phi) is 9.27. The van der Waals surface area contributed by atoms with E-state index in [4.69, 9.17) is 26.3 Å². The van der Waals surface area contributed by atoms with Crippen molar-refractivity contribution in [2.24, 2.45) is 0 Å². The van der Waals surface area contributed by atoms with Crippen molar-refractivity contribution < 1.29 is 26.3 Å². The van der Waals surface area contributed by atoms with Crippen LogP contribution in [-0.4, -0.2) is 13.2 Å². The lowest BCUT2D eigenvalue weighted by molar-refractivity contribution is 0.264. The molecule has 3 heterocycles. The Morgan fingerprint density at radius 3 is 0.955 bits per heavy atom. The zero-order valence-electron chi connectivity index (χ0n) is 36.3. The van der Waals surface area contributed by atoms with Gasteiger partial charge in [0.05, 0.1) is 23.8 Å². The lowest BCUT2D eigenvalue weighted by Gasteiger charge is -2.23. The summed E-state index contributed by atoms with van der Waals surface area (Å²) in [6.07, 6.45) is 1.68. The van der Waals surface area contributed by atoms with Crippen LogP contribution in [0.1, 0.15) is 24.0 Å². The van der Waals surface area contributed by atoms with Gasteiger partial charge in [-0.15, -0.1) is 0 Å². The van der Waals surface area contributed by atoms with Crippen LogP contribution >= 0.6 is 16.0 Å². The highest BCUT2D eigenvalue weighted by atomic mass is 31.1. The Labute approximate surface area is 381 Å². The molecule has 6 nitrogen and oxygen atoms in total. The van der Waals surface area contributed by atoms with Gasteiger partial charge in [0.15, 0.2) is 0 Å². The first-order valence-electron chi connectivity index (χ1n) is 22.5. The van der Waals surface area contributed by atoms with Gasteiger partial charge in [-0.2, -0.15) is 0 Å². The summed E-state index contributed by atoms with van der Waals surface area (Å²) < 4.78 is 43.2. The van der Waals surface area contributed by atoms with Gasteiger partial charge in [0.2, 0.25) is 0 Å². The second-order valence-corrected chi connectivity index (χ2v) is 19.8. The molecular formula is C58H42O6P2. The molecule has 2 aromatic heterocycles. The van der Waals surface area contributed by atoms with Crippen molar-refractivity contribution in [3.8, 4) is 33.2 Å². The molecule has 0 bridgehead atoms. The van der Waals surface area contributed by atoms with E-state index < -0.39 is 16.0 Å². The van der Waals surface area contributed by atoms with E-state index in [1.807, 2.05) is 0 Å². The van der Waals surface area contributed by atoms with Crippen LogP contribution in [0.2, 0.25) is 0 Å². The minimum atomic E-state index is -1.85. The van der Waals surface area contributed by atoms with Crippen molar-refractivity contribution in [3.05, 3.63) is 181 Å². The molecule has 8 heteroatoms. The minimum absolute atomic E-state index is 0.529. The van der Waals surface area contributed by atoms with Gasteiger partial charge in [0, 0.05) is 32.7 Å². The van der Waals surface area contributed by atoms with E-state index in [9.17, 15) is 0 Å². The van der Waals surface area contributed by atoms with Gasteiger partial charge in [-0.3, -0.25) is 0 Å². The monoisotopic (exact) mass is 896 g/mol. The van der Waals surface area contributed by atoms with Crippen LogP contribution in [0.5, 0.6) is 11.5 Å². The molecule has 10 aromatic carbocycles. The van der Waals surface area contributed by atoms with Gasteiger partial charge in [0.1, 0.15) is 33.8 Å². The molecular weight excluding hydrogens is 855 g/mol. The molecule has 0 saturated heterocycles. The fourth-order valence-electron chi connectivity index (χ4n) is 10.0. The van der Waals surface area contributed by atoms with Crippen LogP contribution in [-0.2, 0) is 0 Å². The van der Waals surface area contributed by atoms with E-state index in [0.29, 0.717) is 13.2 Å². The first-order chi connectivity index (χ1) is 32.6. The maximum absolute atomic E-state index is 7.37. The third-order valence-corrected chi connectivity index (χ3v) is 16.5. The Bertz CT molecular complexity index is 3600. The number of aryl methyl sites for hydroxylation is 2. The molecule has 0 N–H and O–H groups in total. The molecule has 1 aliphatic heterocycles. The second kappa shape index (κ2) is 15.7. The summed E-state index contributed by atoms with van der Waals surface area (Å²) in [5, 5.41) is 14.8. The van der Waals surface area contributed by atoms with Crippen LogP contribution in [0, 0.1) is 13.8 Å². The van der Waals surface area contributed by atoms with Crippen molar-refractivity contribution in [1.29, 1.82) is 0 Å². The average molecular weight is 897 g/mol. The van der Waals surface area contributed by atoms with Crippen molar-refractivity contribution in [2.75, 3.05) is 13.2 Å². The third-order valence-electron chi connectivity index (χ3n) is 13.1. The molecule has 0 amide bonds. The predicted molar refractivity (Wildman–Crippen MR) is 274 cm³/mol. The standard InChI is InChI=1S/C58H42O6P2/c1-35-21-27-45-55(57(35)65-61-47-29-23-37-13-3-7-17-41(37)51(47)52-42-18-8-4-14-38(42)24-30-48(52)62-65)56-46(60-34-12-11-33-59-45)28-22-36(2)58(56)66-63-49-31-25-39-15-5-9-19-43(39)53(49)54-44-20-10-6-16-40(44)26-32-50(54)64-66/h3-10,13-32H,11-12,33-34H2,1-2H3. The average Bonchev–Trinajstić information content (AvgIpc) is 3.64. The molecule has 0 radical (unpaired) electrons. The smallest absolute Gasteiger partial charge is 0.253 e. The molecule has 0 fully saturated rings. The van der Waals surface area contributed by atoms with Gasteiger partial charge in [-0.25, -0.2) is 0 Å². The van der Waals surface area contributed by atoms with Gasteiger partial charge in [0.25, 0.3) is 16.0 Å². The summed E-state index contributed by atoms with van der Waals surface area (Å²) in [4.78, 5) is 0. The van der Waals surface area contributed by atoms with E-state index in [1.54, 1.807) is 0 Å². The van der Waals surface area contributed by atoms with Crippen molar-refractivity contribution in [3.63, 3.8) is 0 Å². The Morgan fingerprint density at radius 2 is 0.636 bits per heavy atom. The van der Waals surface area contributed by atoms with E-state index in [1.165, 1.54) is 0 Å². The lowest BCUT2D eigenvalue weighted by atomic mass is 9.98. The maximum atomic E-state index is 7.37. The normalized spacial score (nSPS) is 13.0. The molecule has 0 unspecified atom stereocenters. The highest BCUT2D eigenvalue weighted by Crippen LogP contribution is 2.60. The summed E-state index contributed by atoms with van der Waals surface area (Å²) in [6.45, 7) is 5.34. The third kappa shape index (κ3) is 6.24. The van der Waals surface area contributed by atoms with E-state index in [-0.39, 0.29) is 0 Å². The minimum Gasteiger partial charge on any atom is -0.493 e. The fraction of sp³-hybridized carbons (Fsp3) is 0.103. The van der Waals surface area contributed by atoms with Crippen LogP contribution in [0.15, 0.2) is 187 Å². The molecule has 320 valence electrons. The zero-order chi connectivity index (χ0) is 43.9. The number of hydrogen-bond donors (Lipinski definition) is 0. The largest absolute Gasteiger partial charge is 0.493 e. The summed E-state index contributed by atoms with van der Waals surface area (Å²) in [5.41, 5.74) is 6.80. The first-order valence-corrected chi connectivity index (χ1v) is 24.9. The number of benzene rings is 10. The molecule has 1 aliphatic rings. The topological polar surface area (TPSA) is 71.0 Å². The molecule has 13 rings (SSSR count). The first kappa shape index (κ1) is 39.0. The van der Waals surface area contributed by atoms with Crippen molar-refractivity contribution in [2.45, 2.75) is 26.7 Å². The molecule has 66 heavy (non-hydrogen) atoms. The van der Waals surface area contributed by atoms with Crippen molar-refractivity contribution in [1.82, 2.24) is 0 Å². The Morgan fingerprint density at radius 1 is 0.333 bits per heavy atom. The molecule has 0 spiro atoms. The van der Waals surface area contributed by atoms with Gasteiger partial charge in [-0.1, -0.05) is 133 Å². The van der Waals surface area contributed by atoms with Crippen LogP contribution < -0.4 is 9.47 Å². The Hall–Kier alpha value is -7.36. The predicted octanol–water partition coefficient (Wildman–Crippen LogP) is 18.3.